The molecule has 1 aromatic heterocycles. The average molecular weight is 264 g/mol. The van der Waals surface area contributed by atoms with Crippen molar-refractivity contribution < 1.29 is 4.39 Å². The van der Waals surface area contributed by atoms with Crippen molar-refractivity contribution in [3.05, 3.63) is 51.2 Å². The first kappa shape index (κ1) is 13.2. The molecule has 0 aliphatic rings. The van der Waals surface area contributed by atoms with E-state index in [1.54, 1.807) is 29.1 Å². The second-order valence-corrected chi connectivity index (χ2v) is 5.29. The minimum Gasteiger partial charge on any atom is -0.306 e. The summed E-state index contributed by atoms with van der Waals surface area (Å²) in [6.45, 7) is 6.68. The lowest BCUT2D eigenvalue weighted by Crippen LogP contribution is -2.23. The van der Waals surface area contributed by atoms with Crippen molar-refractivity contribution in [3.63, 3.8) is 0 Å². The first-order valence-electron chi connectivity index (χ1n) is 6.02. The monoisotopic (exact) mass is 264 g/mol. The Kier molecular flexibility index (Phi) is 4.09. The quantitative estimate of drug-likeness (QED) is 0.912. The lowest BCUT2D eigenvalue weighted by Gasteiger charge is -2.20. The molecule has 2 aromatic rings. The molecule has 18 heavy (non-hydrogen) atoms. The van der Waals surface area contributed by atoms with Gasteiger partial charge in [0.15, 0.2) is 0 Å². The van der Waals surface area contributed by atoms with Gasteiger partial charge in [-0.05, 0) is 37.6 Å². The number of hydrogen-bond acceptors (Lipinski definition) is 3. The summed E-state index contributed by atoms with van der Waals surface area (Å²) in [7, 11) is 0. The van der Waals surface area contributed by atoms with Crippen LogP contribution in [-0.2, 0) is 0 Å². The van der Waals surface area contributed by atoms with Crippen LogP contribution in [-0.4, -0.2) is 11.5 Å². The molecule has 0 amide bonds. The second kappa shape index (κ2) is 5.59. The number of thiazole rings is 1. The summed E-state index contributed by atoms with van der Waals surface area (Å²) in [6.07, 6.45) is 1.80. The van der Waals surface area contributed by atoms with Gasteiger partial charge in [0.05, 0.1) is 11.6 Å². The maximum atomic E-state index is 14.2. The van der Waals surface area contributed by atoms with E-state index in [2.05, 4.69) is 10.3 Å². The number of nitrogens with zero attached hydrogens (tertiary/aromatic N) is 1. The molecule has 0 bridgehead atoms. The number of aromatic nitrogens is 1. The van der Waals surface area contributed by atoms with Crippen LogP contribution in [0.3, 0.4) is 0 Å². The third-order valence-corrected chi connectivity index (χ3v) is 3.75. The number of halogens is 1. The first-order valence-corrected chi connectivity index (χ1v) is 6.89. The van der Waals surface area contributed by atoms with Crippen LogP contribution >= 0.6 is 11.3 Å². The number of benzene rings is 1. The van der Waals surface area contributed by atoms with Crippen LogP contribution in [0.5, 0.6) is 0 Å². The molecule has 0 radical (unpaired) electrons. The average Bonchev–Trinajstić information content (AvgIpc) is 2.79. The minimum atomic E-state index is -0.146. The highest BCUT2D eigenvalue weighted by Gasteiger charge is 2.20. The van der Waals surface area contributed by atoms with Crippen LogP contribution in [0, 0.1) is 19.7 Å². The topological polar surface area (TPSA) is 24.9 Å². The number of aryl methyl sites for hydroxylation is 2. The van der Waals surface area contributed by atoms with E-state index >= 15 is 0 Å². The fourth-order valence-corrected chi connectivity index (χ4v) is 2.91. The highest BCUT2D eigenvalue weighted by atomic mass is 32.1. The van der Waals surface area contributed by atoms with Gasteiger partial charge in [-0.3, -0.25) is 4.98 Å². The third kappa shape index (κ3) is 2.60. The molecule has 0 spiro atoms. The Hall–Kier alpha value is -1.26. The van der Waals surface area contributed by atoms with E-state index in [4.69, 9.17) is 0 Å². The first-order chi connectivity index (χ1) is 8.63. The van der Waals surface area contributed by atoms with Gasteiger partial charge in [-0.1, -0.05) is 13.0 Å². The summed E-state index contributed by atoms with van der Waals surface area (Å²) in [5, 5.41) is 3.33. The molecule has 1 unspecified atom stereocenters. The van der Waals surface area contributed by atoms with Crippen LogP contribution < -0.4 is 5.32 Å². The molecule has 0 aliphatic heterocycles. The SMILES string of the molecule is CCNC(c1cncs1)c1c(C)cc(C)cc1F. The molecule has 4 heteroatoms. The maximum absolute atomic E-state index is 14.2. The zero-order valence-corrected chi connectivity index (χ0v) is 11.6. The molecule has 0 fully saturated rings. The molecule has 0 aliphatic carbocycles. The predicted octanol–water partition coefficient (Wildman–Crippen LogP) is 3.60. The Morgan fingerprint density at radius 1 is 1.39 bits per heavy atom. The van der Waals surface area contributed by atoms with Gasteiger partial charge in [0.25, 0.3) is 0 Å². The van der Waals surface area contributed by atoms with Crippen LogP contribution in [0.4, 0.5) is 4.39 Å². The van der Waals surface area contributed by atoms with E-state index in [0.29, 0.717) is 0 Å². The smallest absolute Gasteiger partial charge is 0.128 e. The molecule has 0 saturated heterocycles. The van der Waals surface area contributed by atoms with Crippen molar-refractivity contribution in [1.82, 2.24) is 10.3 Å². The van der Waals surface area contributed by atoms with E-state index in [0.717, 1.165) is 28.1 Å². The highest BCUT2D eigenvalue weighted by Crippen LogP contribution is 2.30. The van der Waals surface area contributed by atoms with Crippen molar-refractivity contribution >= 4 is 11.3 Å². The largest absolute Gasteiger partial charge is 0.306 e. The summed E-state index contributed by atoms with van der Waals surface area (Å²) in [4.78, 5) is 5.13. The second-order valence-electron chi connectivity index (χ2n) is 4.37. The van der Waals surface area contributed by atoms with Crippen LogP contribution in [0.15, 0.2) is 23.8 Å². The van der Waals surface area contributed by atoms with E-state index in [1.165, 1.54) is 0 Å². The van der Waals surface area contributed by atoms with Crippen molar-refractivity contribution in [2.75, 3.05) is 6.54 Å². The Balaban J connectivity index is 2.49. The summed E-state index contributed by atoms with van der Waals surface area (Å²) < 4.78 is 14.2. The van der Waals surface area contributed by atoms with Gasteiger partial charge in [0.1, 0.15) is 5.82 Å². The van der Waals surface area contributed by atoms with Gasteiger partial charge < -0.3 is 5.32 Å². The molecule has 1 heterocycles. The van der Waals surface area contributed by atoms with Crippen molar-refractivity contribution in [2.45, 2.75) is 26.8 Å². The highest BCUT2D eigenvalue weighted by molar-refractivity contribution is 7.09. The summed E-state index contributed by atoms with van der Waals surface area (Å²) in [5.41, 5.74) is 4.44. The van der Waals surface area contributed by atoms with Crippen LogP contribution in [0.1, 0.15) is 34.5 Å². The molecule has 1 N–H and O–H groups in total. The van der Waals surface area contributed by atoms with Gasteiger partial charge in [-0.2, -0.15) is 0 Å². The van der Waals surface area contributed by atoms with Crippen molar-refractivity contribution in [3.8, 4) is 0 Å². The zero-order chi connectivity index (χ0) is 13.1. The lowest BCUT2D eigenvalue weighted by atomic mass is 9.97. The summed E-state index contributed by atoms with van der Waals surface area (Å²) in [5.74, 6) is -0.146. The summed E-state index contributed by atoms with van der Waals surface area (Å²) >= 11 is 1.55. The zero-order valence-electron chi connectivity index (χ0n) is 10.8. The third-order valence-electron chi connectivity index (χ3n) is 2.91. The molecule has 2 nitrogen and oxygen atoms in total. The number of rotatable bonds is 4. The standard InChI is InChI=1S/C14H17FN2S/c1-4-17-14(12-7-16-8-18-12)13-10(3)5-9(2)6-11(13)15/h5-8,14,17H,4H2,1-3H3. The molecule has 0 saturated carbocycles. The Bertz CT molecular complexity index is 500. The maximum Gasteiger partial charge on any atom is 0.128 e. The van der Waals surface area contributed by atoms with Gasteiger partial charge in [-0.15, -0.1) is 11.3 Å². The van der Waals surface area contributed by atoms with Gasteiger partial charge >= 0.3 is 0 Å². The van der Waals surface area contributed by atoms with E-state index in [9.17, 15) is 4.39 Å². The minimum absolute atomic E-state index is 0.108. The molecular weight excluding hydrogens is 247 g/mol. The molecule has 1 aromatic carbocycles. The summed E-state index contributed by atoms with van der Waals surface area (Å²) in [6, 6.07) is 3.50. The molecule has 2 rings (SSSR count). The predicted molar refractivity (Wildman–Crippen MR) is 73.5 cm³/mol. The Labute approximate surface area is 111 Å². The van der Waals surface area contributed by atoms with Gasteiger partial charge in [0.2, 0.25) is 0 Å². The van der Waals surface area contributed by atoms with E-state index in [1.807, 2.05) is 26.8 Å². The Morgan fingerprint density at radius 2 is 2.17 bits per heavy atom. The molecular formula is C14H17FN2S. The number of nitrogens with one attached hydrogen (secondary N) is 1. The van der Waals surface area contributed by atoms with Crippen molar-refractivity contribution in [2.24, 2.45) is 0 Å². The van der Waals surface area contributed by atoms with Gasteiger partial charge in [-0.25, -0.2) is 4.39 Å². The van der Waals surface area contributed by atoms with E-state index in [-0.39, 0.29) is 11.9 Å². The fourth-order valence-electron chi connectivity index (χ4n) is 2.21. The number of hydrogen-bond donors (Lipinski definition) is 1. The van der Waals surface area contributed by atoms with Crippen LogP contribution in [0.2, 0.25) is 0 Å². The Morgan fingerprint density at radius 3 is 2.72 bits per heavy atom. The normalized spacial score (nSPS) is 12.7. The van der Waals surface area contributed by atoms with Crippen molar-refractivity contribution in [1.29, 1.82) is 0 Å². The van der Waals surface area contributed by atoms with Crippen LogP contribution in [0.25, 0.3) is 0 Å². The molecule has 1 atom stereocenters. The molecule has 96 valence electrons. The fraction of sp³-hybridized carbons (Fsp3) is 0.357. The lowest BCUT2D eigenvalue weighted by molar-refractivity contribution is 0.559. The van der Waals surface area contributed by atoms with Gasteiger partial charge in [0, 0.05) is 16.6 Å². The van der Waals surface area contributed by atoms with E-state index < -0.39 is 0 Å².